The molecule has 1 aromatic rings. The van der Waals surface area contributed by atoms with Crippen molar-refractivity contribution in [2.24, 2.45) is 0 Å². The van der Waals surface area contributed by atoms with Gasteiger partial charge >= 0.3 is 51.4 Å². The second kappa shape index (κ2) is 5.27. The first-order valence-corrected chi connectivity index (χ1v) is 5.12. The summed E-state index contributed by atoms with van der Waals surface area (Å²) in [6.45, 7) is 1.67. The van der Waals surface area contributed by atoms with Gasteiger partial charge in [-0.3, -0.25) is 0 Å². The fourth-order valence-corrected chi connectivity index (χ4v) is 1.93. The van der Waals surface area contributed by atoms with Crippen molar-refractivity contribution in [1.82, 2.24) is 0 Å². The number of anilines is 1. The predicted molar refractivity (Wildman–Crippen MR) is 48.6 cm³/mol. The Hall–Kier alpha value is 0.856. The Labute approximate surface area is 130 Å². The summed E-state index contributed by atoms with van der Waals surface area (Å²) in [4.78, 5) is -0.475. The quantitative estimate of drug-likeness (QED) is 0.364. The zero-order valence-corrected chi connectivity index (χ0v) is 12.4. The van der Waals surface area contributed by atoms with Crippen LogP contribution in [0, 0.1) is 6.92 Å². The van der Waals surface area contributed by atoms with Gasteiger partial charge in [-0.1, -0.05) is 11.6 Å². The third kappa shape index (κ3) is 3.46. The summed E-state index contributed by atoms with van der Waals surface area (Å²) >= 11 is 5.55. The molecule has 0 atom stereocenters. The van der Waals surface area contributed by atoms with Gasteiger partial charge in [-0.2, -0.15) is 0 Å². The van der Waals surface area contributed by atoms with E-state index < -0.39 is 15.0 Å². The molecule has 0 saturated carbocycles. The summed E-state index contributed by atoms with van der Waals surface area (Å²) in [6, 6.07) is 2.42. The van der Waals surface area contributed by atoms with Crippen molar-refractivity contribution in [1.29, 1.82) is 0 Å². The Morgan fingerprint density at radius 2 is 1.93 bits per heavy atom. The fraction of sp³-hybridized carbons (Fsp3) is 0.143. The summed E-state index contributed by atoms with van der Waals surface area (Å²) in [6.07, 6.45) is 0. The average molecular weight is 260 g/mol. The van der Waals surface area contributed by atoms with Gasteiger partial charge in [0, 0.05) is 5.69 Å². The van der Waals surface area contributed by atoms with Crippen LogP contribution in [0.2, 0.25) is 5.02 Å². The number of hydrogen-bond donors (Lipinski definition) is 1. The van der Waals surface area contributed by atoms with Crippen LogP contribution in [0.1, 0.15) is 5.56 Å². The van der Waals surface area contributed by atoms with E-state index in [0.29, 0.717) is 5.56 Å². The maximum Gasteiger partial charge on any atom is 1.00 e. The van der Waals surface area contributed by atoms with Gasteiger partial charge in [-0.25, -0.2) is 8.42 Å². The number of aryl methyl sites for hydroxylation is 1. The van der Waals surface area contributed by atoms with E-state index in [-0.39, 0.29) is 62.1 Å². The topological polar surface area (TPSA) is 83.2 Å². The molecule has 0 heterocycles. The molecule has 0 saturated heterocycles. The van der Waals surface area contributed by atoms with Gasteiger partial charge in [0.15, 0.2) is 0 Å². The van der Waals surface area contributed by atoms with Gasteiger partial charge < -0.3 is 10.3 Å². The Kier molecular flexibility index (Phi) is 5.59. The van der Waals surface area contributed by atoms with E-state index in [1.165, 1.54) is 6.07 Å². The molecular weight excluding hydrogens is 253 g/mol. The number of benzene rings is 1. The second-order valence-corrected chi connectivity index (χ2v) is 4.35. The molecule has 0 radical (unpaired) electrons. The third-order valence-corrected chi connectivity index (χ3v) is 2.89. The van der Waals surface area contributed by atoms with Crippen molar-refractivity contribution in [2.45, 2.75) is 11.8 Å². The molecule has 0 aromatic heterocycles. The molecule has 4 nitrogen and oxygen atoms in total. The molecule has 0 amide bonds. The number of hydrogen-bond acceptors (Lipinski definition) is 4. The van der Waals surface area contributed by atoms with Gasteiger partial charge in [0.05, 0.1) is 9.92 Å². The van der Waals surface area contributed by atoms with Crippen LogP contribution in [0.25, 0.3) is 0 Å². The maximum absolute atomic E-state index is 10.6. The van der Waals surface area contributed by atoms with Crippen LogP contribution < -0.4 is 57.1 Å². The number of nitrogens with two attached hydrogens (primary N) is 1. The monoisotopic (exact) mass is 259 g/mol. The van der Waals surface area contributed by atoms with E-state index in [1.807, 2.05) is 0 Å². The maximum atomic E-state index is 10.6. The Balaban J connectivity index is 0.00000169. The Morgan fingerprint density at radius 3 is 2.36 bits per heavy atom. The van der Waals surface area contributed by atoms with Crippen LogP contribution in [0.3, 0.4) is 0 Å². The Bertz CT molecular complexity index is 446. The molecule has 2 N–H and O–H groups in total. The fourth-order valence-electron chi connectivity index (χ4n) is 0.860. The minimum atomic E-state index is -4.53. The Morgan fingerprint density at radius 1 is 1.43 bits per heavy atom. The van der Waals surface area contributed by atoms with Gasteiger partial charge in [0.1, 0.15) is 10.1 Å². The first-order chi connectivity index (χ1) is 5.82. The number of halogens is 1. The van der Waals surface area contributed by atoms with Crippen molar-refractivity contribution in [2.75, 3.05) is 5.73 Å². The van der Waals surface area contributed by atoms with E-state index in [2.05, 4.69) is 0 Å². The molecule has 14 heavy (non-hydrogen) atoms. The number of nitrogen functional groups attached to an aromatic ring is 1. The summed E-state index contributed by atoms with van der Waals surface area (Å²) in [7, 11) is -4.53. The van der Waals surface area contributed by atoms with Gasteiger partial charge in [0.2, 0.25) is 0 Å². The summed E-state index contributed by atoms with van der Waals surface area (Å²) in [5, 5.41) is -0.0956. The molecule has 0 aliphatic carbocycles. The average Bonchev–Trinajstić information content (AvgIpc) is 1.94. The molecule has 0 unspecified atom stereocenters. The van der Waals surface area contributed by atoms with Crippen molar-refractivity contribution in [3.05, 3.63) is 22.7 Å². The van der Waals surface area contributed by atoms with Crippen LogP contribution >= 0.6 is 11.6 Å². The second-order valence-electron chi connectivity index (χ2n) is 2.59. The molecule has 7 heteroatoms. The van der Waals surface area contributed by atoms with Crippen LogP contribution in [-0.4, -0.2) is 13.0 Å². The van der Waals surface area contributed by atoms with Crippen molar-refractivity contribution in [3.63, 3.8) is 0 Å². The first kappa shape index (κ1) is 14.9. The minimum Gasteiger partial charge on any atom is -0.744 e. The molecular formula is C7H7ClKNO3S. The van der Waals surface area contributed by atoms with E-state index in [4.69, 9.17) is 17.3 Å². The standard InChI is InChI=1S/C7H8ClNO3S.K/c1-4-2-5(8)7(3-6(4)9)13(10,11)12;/h2-3H,9H2,1H3,(H,10,11,12);/q;+1/p-1. The SMILES string of the molecule is Cc1cc(Cl)c(S(=O)(=O)[O-])cc1N.[K+]. The normalized spacial score (nSPS) is 10.8. The van der Waals surface area contributed by atoms with Crippen LogP contribution in [0.4, 0.5) is 5.69 Å². The first-order valence-electron chi connectivity index (χ1n) is 3.34. The molecule has 72 valence electrons. The zero-order chi connectivity index (χ0) is 10.2. The van der Waals surface area contributed by atoms with Crippen LogP contribution in [0.15, 0.2) is 17.0 Å². The van der Waals surface area contributed by atoms with E-state index >= 15 is 0 Å². The van der Waals surface area contributed by atoms with Crippen molar-refractivity contribution < 1.29 is 64.4 Å². The molecule has 0 bridgehead atoms. The number of rotatable bonds is 1. The molecule has 0 aliphatic heterocycles. The molecule has 0 spiro atoms. The zero-order valence-electron chi connectivity index (χ0n) is 7.74. The van der Waals surface area contributed by atoms with Crippen LogP contribution in [-0.2, 0) is 10.1 Å². The minimum absolute atomic E-state index is 0. The third-order valence-electron chi connectivity index (χ3n) is 1.59. The van der Waals surface area contributed by atoms with E-state index in [0.717, 1.165) is 6.07 Å². The van der Waals surface area contributed by atoms with E-state index in [9.17, 15) is 13.0 Å². The largest absolute Gasteiger partial charge is 1.00 e. The van der Waals surface area contributed by atoms with E-state index in [1.54, 1.807) is 6.92 Å². The van der Waals surface area contributed by atoms with Crippen molar-refractivity contribution in [3.8, 4) is 0 Å². The van der Waals surface area contributed by atoms with Gasteiger partial charge in [-0.05, 0) is 24.6 Å². The van der Waals surface area contributed by atoms with Gasteiger partial charge in [-0.15, -0.1) is 0 Å². The summed E-state index contributed by atoms with van der Waals surface area (Å²) in [5.41, 5.74) is 6.30. The molecule has 1 aromatic carbocycles. The summed E-state index contributed by atoms with van der Waals surface area (Å²) in [5.74, 6) is 0. The summed E-state index contributed by atoms with van der Waals surface area (Å²) < 4.78 is 31.9. The smallest absolute Gasteiger partial charge is 0.744 e. The van der Waals surface area contributed by atoms with Crippen molar-refractivity contribution >= 4 is 27.4 Å². The molecule has 0 fully saturated rings. The van der Waals surface area contributed by atoms with Gasteiger partial charge in [0.25, 0.3) is 0 Å². The molecule has 1 rings (SSSR count). The predicted octanol–water partition coefficient (Wildman–Crippen LogP) is -1.86. The van der Waals surface area contributed by atoms with Crippen LogP contribution in [0.5, 0.6) is 0 Å². The molecule has 0 aliphatic rings.